The number of amides is 1. The van der Waals surface area contributed by atoms with E-state index in [9.17, 15) is 9.59 Å². The average molecular weight is 428 g/mol. The predicted molar refractivity (Wildman–Crippen MR) is 116 cm³/mol. The Morgan fingerprint density at radius 3 is 2.53 bits per heavy atom. The van der Waals surface area contributed by atoms with Crippen molar-refractivity contribution in [1.29, 1.82) is 0 Å². The second-order valence-electron chi connectivity index (χ2n) is 8.40. The monoisotopic (exact) mass is 427 g/mol. The molecular weight excluding hydrogens is 402 g/mol. The molecule has 1 spiro atoms. The molecule has 6 heteroatoms. The number of hydrogen-bond donors (Lipinski definition) is 0. The van der Waals surface area contributed by atoms with Crippen molar-refractivity contribution >= 4 is 23.3 Å². The second kappa shape index (κ2) is 7.95. The summed E-state index contributed by atoms with van der Waals surface area (Å²) in [5.41, 5.74) is 3.22. The molecule has 1 amide bonds. The summed E-state index contributed by atoms with van der Waals surface area (Å²) in [5.74, 6) is 1.31. The number of fused-ring (bicyclic) bond motifs is 1. The van der Waals surface area contributed by atoms with Crippen molar-refractivity contribution in [2.75, 3.05) is 19.7 Å². The third-order valence-corrected chi connectivity index (χ3v) is 6.65. The van der Waals surface area contributed by atoms with Gasteiger partial charge in [0, 0.05) is 31.0 Å². The summed E-state index contributed by atoms with van der Waals surface area (Å²) >= 11 is 6.17. The van der Waals surface area contributed by atoms with Crippen molar-refractivity contribution in [2.24, 2.45) is 0 Å². The summed E-state index contributed by atoms with van der Waals surface area (Å²) in [7, 11) is 0. The first kappa shape index (κ1) is 20.7. The zero-order valence-electron chi connectivity index (χ0n) is 17.6. The molecule has 2 heterocycles. The van der Waals surface area contributed by atoms with Crippen LogP contribution in [0.1, 0.15) is 46.3 Å². The minimum atomic E-state index is -0.546. The molecule has 0 saturated carbocycles. The van der Waals surface area contributed by atoms with E-state index in [1.54, 1.807) is 11.0 Å². The fourth-order valence-electron chi connectivity index (χ4n) is 4.10. The predicted octanol–water partition coefficient (Wildman–Crippen LogP) is 4.67. The zero-order valence-corrected chi connectivity index (χ0v) is 18.3. The van der Waals surface area contributed by atoms with Crippen LogP contribution in [0.3, 0.4) is 0 Å². The van der Waals surface area contributed by atoms with E-state index < -0.39 is 5.60 Å². The Morgan fingerprint density at radius 1 is 1.10 bits per heavy atom. The van der Waals surface area contributed by atoms with Gasteiger partial charge in [-0.05, 0) is 61.7 Å². The summed E-state index contributed by atoms with van der Waals surface area (Å²) in [6.45, 7) is 7.06. The third kappa shape index (κ3) is 4.04. The molecule has 0 unspecified atom stereocenters. The molecule has 2 aromatic carbocycles. The summed E-state index contributed by atoms with van der Waals surface area (Å²) < 4.78 is 12.0. The van der Waals surface area contributed by atoms with Crippen molar-refractivity contribution in [3.8, 4) is 11.5 Å². The smallest absolute Gasteiger partial charge is 0.260 e. The number of hydrogen-bond acceptors (Lipinski definition) is 4. The minimum absolute atomic E-state index is 0.00974. The SMILES string of the molecule is Cc1ccc(OCC(=O)N2CCC3(CC2)CC(=O)c2cc(Cl)c(C)cc2O3)cc1C. The Hall–Kier alpha value is -2.53. The highest BCUT2D eigenvalue weighted by Crippen LogP contribution is 2.41. The Bertz CT molecular complexity index is 1010. The fourth-order valence-corrected chi connectivity index (χ4v) is 4.26. The molecule has 4 rings (SSSR count). The van der Waals surface area contributed by atoms with E-state index in [-0.39, 0.29) is 18.3 Å². The molecule has 158 valence electrons. The highest BCUT2D eigenvalue weighted by molar-refractivity contribution is 6.31. The van der Waals surface area contributed by atoms with Crippen LogP contribution in [-0.2, 0) is 4.79 Å². The van der Waals surface area contributed by atoms with Crippen molar-refractivity contribution in [1.82, 2.24) is 4.90 Å². The van der Waals surface area contributed by atoms with E-state index in [0.29, 0.717) is 54.4 Å². The number of rotatable bonds is 3. The molecule has 0 aromatic heterocycles. The molecule has 0 atom stereocenters. The number of halogens is 1. The highest BCUT2D eigenvalue weighted by atomic mass is 35.5. The van der Waals surface area contributed by atoms with Crippen LogP contribution in [-0.4, -0.2) is 41.9 Å². The summed E-state index contributed by atoms with van der Waals surface area (Å²) in [4.78, 5) is 27.1. The van der Waals surface area contributed by atoms with Crippen molar-refractivity contribution in [3.05, 3.63) is 57.6 Å². The maximum Gasteiger partial charge on any atom is 0.260 e. The van der Waals surface area contributed by atoms with Gasteiger partial charge in [-0.2, -0.15) is 0 Å². The van der Waals surface area contributed by atoms with Gasteiger partial charge in [0.1, 0.15) is 17.1 Å². The number of nitrogens with zero attached hydrogens (tertiary/aromatic N) is 1. The standard InChI is InChI=1S/C24H26ClNO4/c1-15-4-5-18(10-16(15)2)29-14-23(28)26-8-6-24(7-9-26)13-21(27)19-12-20(25)17(3)11-22(19)30-24/h4-5,10-12H,6-9,13-14H2,1-3H3. The number of piperidine rings is 1. The number of benzene rings is 2. The molecule has 30 heavy (non-hydrogen) atoms. The summed E-state index contributed by atoms with van der Waals surface area (Å²) in [5, 5.41) is 0.575. The highest BCUT2D eigenvalue weighted by Gasteiger charge is 2.43. The van der Waals surface area contributed by atoms with E-state index in [2.05, 4.69) is 0 Å². The van der Waals surface area contributed by atoms with Crippen LogP contribution in [0.4, 0.5) is 0 Å². The van der Waals surface area contributed by atoms with Crippen LogP contribution in [0.15, 0.2) is 30.3 Å². The molecule has 2 aliphatic heterocycles. The number of likely N-dealkylation sites (tertiary alicyclic amines) is 1. The van der Waals surface area contributed by atoms with Gasteiger partial charge in [0.25, 0.3) is 5.91 Å². The van der Waals surface area contributed by atoms with Crippen molar-refractivity contribution in [2.45, 2.75) is 45.6 Å². The lowest BCUT2D eigenvalue weighted by Crippen LogP contribution is -2.53. The lowest BCUT2D eigenvalue weighted by molar-refractivity contribution is -0.136. The van der Waals surface area contributed by atoms with E-state index >= 15 is 0 Å². The van der Waals surface area contributed by atoms with Gasteiger partial charge in [-0.25, -0.2) is 0 Å². The third-order valence-electron chi connectivity index (χ3n) is 6.24. The number of carbonyl (C=O) groups is 2. The molecule has 0 N–H and O–H groups in total. The second-order valence-corrected chi connectivity index (χ2v) is 8.81. The number of aryl methyl sites for hydroxylation is 3. The maximum atomic E-state index is 12.7. The van der Waals surface area contributed by atoms with Crippen LogP contribution in [0.2, 0.25) is 5.02 Å². The van der Waals surface area contributed by atoms with Crippen molar-refractivity contribution < 1.29 is 19.1 Å². The molecule has 2 aliphatic rings. The van der Waals surface area contributed by atoms with Gasteiger partial charge >= 0.3 is 0 Å². The normalized spacial score (nSPS) is 17.5. The molecule has 1 fully saturated rings. The van der Waals surface area contributed by atoms with E-state index in [1.165, 1.54) is 5.56 Å². The van der Waals surface area contributed by atoms with Gasteiger partial charge < -0.3 is 14.4 Å². The molecule has 0 aliphatic carbocycles. The summed E-state index contributed by atoms with van der Waals surface area (Å²) in [6.07, 6.45) is 1.56. The van der Waals surface area contributed by atoms with Gasteiger partial charge in [-0.1, -0.05) is 17.7 Å². The van der Waals surface area contributed by atoms with Crippen molar-refractivity contribution in [3.63, 3.8) is 0 Å². The van der Waals surface area contributed by atoms with Crippen LogP contribution < -0.4 is 9.47 Å². The summed E-state index contributed by atoms with van der Waals surface area (Å²) in [6, 6.07) is 9.36. The molecule has 0 bridgehead atoms. The Morgan fingerprint density at radius 2 is 1.83 bits per heavy atom. The number of carbonyl (C=O) groups excluding carboxylic acids is 2. The van der Waals surface area contributed by atoms with Gasteiger partial charge in [0.2, 0.25) is 0 Å². The molecular formula is C24H26ClNO4. The van der Waals surface area contributed by atoms with Gasteiger partial charge in [-0.15, -0.1) is 0 Å². The average Bonchev–Trinajstić information content (AvgIpc) is 2.71. The topological polar surface area (TPSA) is 55.8 Å². The number of ether oxygens (including phenoxy) is 2. The minimum Gasteiger partial charge on any atom is -0.486 e. The number of Topliss-reactive ketones (excluding diaryl/α,β-unsaturated/α-hetero) is 1. The van der Waals surface area contributed by atoms with Crippen LogP contribution in [0, 0.1) is 20.8 Å². The molecule has 0 radical (unpaired) electrons. The first-order valence-corrected chi connectivity index (χ1v) is 10.6. The first-order valence-electron chi connectivity index (χ1n) is 10.3. The largest absolute Gasteiger partial charge is 0.486 e. The molecule has 5 nitrogen and oxygen atoms in total. The Balaban J connectivity index is 1.37. The lowest BCUT2D eigenvalue weighted by atomic mass is 9.82. The molecule has 1 saturated heterocycles. The molecule has 2 aromatic rings. The van der Waals surface area contributed by atoms with Crippen LogP contribution in [0.5, 0.6) is 11.5 Å². The number of ketones is 1. The zero-order chi connectivity index (χ0) is 21.5. The van der Waals surface area contributed by atoms with Gasteiger partial charge in [0.15, 0.2) is 12.4 Å². The van der Waals surface area contributed by atoms with Gasteiger partial charge in [0.05, 0.1) is 12.0 Å². The lowest BCUT2D eigenvalue weighted by Gasteiger charge is -2.44. The quantitative estimate of drug-likeness (QED) is 0.714. The first-order chi connectivity index (χ1) is 14.3. The van der Waals surface area contributed by atoms with E-state index in [0.717, 1.165) is 11.1 Å². The van der Waals surface area contributed by atoms with Crippen LogP contribution >= 0.6 is 11.6 Å². The maximum absolute atomic E-state index is 12.7. The Labute approximate surface area is 181 Å². The van der Waals surface area contributed by atoms with E-state index in [4.69, 9.17) is 21.1 Å². The van der Waals surface area contributed by atoms with Crippen LogP contribution in [0.25, 0.3) is 0 Å². The Kier molecular flexibility index (Phi) is 5.49. The fraction of sp³-hybridized carbons (Fsp3) is 0.417. The van der Waals surface area contributed by atoms with Gasteiger partial charge in [-0.3, -0.25) is 9.59 Å². The van der Waals surface area contributed by atoms with E-state index in [1.807, 2.05) is 45.0 Å².